The molecule has 1 heterocycles. The van der Waals surface area contributed by atoms with Crippen molar-refractivity contribution in [2.75, 3.05) is 13.1 Å². The molecule has 1 unspecified atom stereocenters. The number of amides is 1. The molecule has 2 aliphatic rings. The van der Waals surface area contributed by atoms with Crippen LogP contribution in [-0.2, 0) is 4.79 Å². The van der Waals surface area contributed by atoms with Crippen LogP contribution in [0.4, 0.5) is 0 Å². The first kappa shape index (κ1) is 8.97. The van der Waals surface area contributed by atoms with Crippen molar-refractivity contribution in [1.29, 1.82) is 0 Å². The van der Waals surface area contributed by atoms with Gasteiger partial charge in [-0.3, -0.25) is 9.69 Å². The summed E-state index contributed by atoms with van der Waals surface area (Å²) in [5.41, 5.74) is 4.65. The van der Waals surface area contributed by atoms with Crippen LogP contribution in [0.1, 0.15) is 19.8 Å². The van der Waals surface area contributed by atoms with Gasteiger partial charge in [-0.05, 0) is 25.7 Å². The lowest BCUT2D eigenvalue weighted by Crippen LogP contribution is -2.67. The maximum atomic E-state index is 10.8. The Balaban J connectivity index is 1.86. The SMILES string of the molecule is CC(C(N)=O)N1CC(O)(C2CC2)C1. The summed E-state index contributed by atoms with van der Waals surface area (Å²) in [6.07, 6.45) is 2.27. The Hall–Kier alpha value is -0.610. The number of carbonyl (C=O) groups excluding carboxylic acids is 1. The van der Waals surface area contributed by atoms with Crippen molar-refractivity contribution in [3.8, 4) is 0 Å². The molecule has 74 valence electrons. The van der Waals surface area contributed by atoms with E-state index in [0.29, 0.717) is 19.0 Å². The van der Waals surface area contributed by atoms with E-state index in [0.717, 1.165) is 12.8 Å². The highest BCUT2D eigenvalue weighted by Gasteiger charge is 2.53. The van der Waals surface area contributed by atoms with Gasteiger partial charge in [0, 0.05) is 13.1 Å². The van der Waals surface area contributed by atoms with Gasteiger partial charge in [-0.2, -0.15) is 0 Å². The zero-order chi connectivity index (χ0) is 9.64. The number of nitrogens with zero attached hydrogens (tertiary/aromatic N) is 1. The normalized spacial score (nSPS) is 29.4. The molecule has 3 N–H and O–H groups in total. The van der Waals surface area contributed by atoms with Crippen molar-refractivity contribution >= 4 is 5.91 Å². The lowest BCUT2D eigenvalue weighted by molar-refractivity contribution is -0.145. The fraction of sp³-hybridized carbons (Fsp3) is 0.889. The first-order valence-corrected chi connectivity index (χ1v) is 4.79. The van der Waals surface area contributed by atoms with Crippen LogP contribution in [0.15, 0.2) is 0 Å². The fourth-order valence-corrected chi connectivity index (χ4v) is 1.99. The summed E-state index contributed by atoms with van der Waals surface area (Å²) < 4.78 is 0. The molecule has 4 nitrogen and oxygen atoms in total. The zero-order valence-electron chi connectivity index (χ0n) is 7.86. The number of carbonyl (C=O) groups is 1. The van der Waals surface area contributed by atoms with E-state index in [-0.39, 0.29) is 11.9 Å². The minimum Gasteiger partial charge on any atom is -0.387 e. The van der Waals surface area contributed by atoms with Gasteiger partial charge in [0.2, 0.25) is 5.91 Å². The minimum atomic E-state index is -0.510. The molecule has 1 saturated heterocycles. The Morgan fingerprint density at radius 1 is 1.62 bits per heavy atom. The van der Waals surface area contributed by atoms with Crippen molar-refractivity contribution in [2.24, 2.45) is 11.7 Å². The van der Waals surface area contributed by atoms with Crippen LogP contribution in [0.5, 0.6) is 0 Å². The predicted octanol–water partition coefficient (Wildman–Crippen LogP) is -0.683. The summed E-state index contributed by atoms with van der Waals surface area (Å²) in [7, 11) is 0. The Labute approximate surface area is 77.7 Å². The average Bonchev–Trinajstić information content (AvgIpc) is 2.79. The molecule has 0 aromatic carbocycles. The topological polar surface area (TPSA) is 66.6 Å². The highest BCUT2D eigenvalue weighted by Crippen LogP contribution is 2.44. The van der Waals surface area contributed by atoms with E-state index >= 15 is 0 Å². The number of rotatable bonds is 3. The van der Waals surface area contributed by atoms with Gasteiger partial charge < -0.3 is 10.8 Å². The number of hydrogen-bond donors (Lipinski definition) is 2. The molecule has 1 aliphatic carbocycles. The Kier molecular flexibility index (Phi) is 1.85. The highest BCUT2D eigenvalue weighted by atomic mass is 16.3. The summed E-state index contributed by atoms with van der Waals surface area (Å²) in [4.78, 5) is 12.8. The molecule has 2 rings (SSSR count). The minimum absolute atomic E-state index is 0.237. The molecule has 2 fully saturated rings. The van der Waals surface area contributed by atoms with Crippen molar-refractivity contribution in [1.82, 2.24) is 4.90 Å². The smallest absolute Gasteiger partial charge is 0.234 e. The van der Waals surface area contributed by atoms with Crippen LogP contribution in [0, 0.1) is 5.92 Å². The molecule has 4 heteroatoms. The number of likely N-dealkylation sites (tertiary alicyclic amines) is 1. The molecule has 0 aromatic rings. The molecule has 1 saturated carbocycles. The molecule has 0 aromatic heterocycles. The highest BCUT2D eigenvalue weighted by molar-refractivity contribution is 5.79. The maximum Gasteiger partial charge on any atom is 0.234 e. The van der Waals surface area contributed by atoms with Crippen LogP contribution in [0.3, 0.4) is 0 Å². The third kappa shape index (κ3) is 1.44. The number of aliphatic hydroxyl groups is 1. The monoisotopic (exact) mass is 184 g/mol. The molecular formula is C9H16N2O2. The molecule has 1 aliphatic heterocycles. The molecular weight excluding hydrogens is 168 g/mol. The second-order valence-corrected chi connectivity index (χ2v) is 4.36. The quantitative estimate of drug-likeness (QED) is 0.610. The van der Waals surface area contributed by atoms with Gasteiger partial charge in [0.1, 0.15) is 0 Å². The van der Waals surface area contributed by atoms with Crippen molar-refractivity contribution in [2.45, 2.75) is 31.4 Å². The van der Waals surface area contributed by atoms with E-state index < -0.39 is 5.60 Å². The van der Waals surface area contributed by atoms with Crippen LogP contribution in [0.2, 0.25) is 0 Å². The third-order valence-electron chi connectivity index (χ3n) is 3.25. The van der Waals surface area contributed by atoms with Crippen molar-refractivity contribution in [3.05, 3.63) is 0 Å². The Morgan fingerprint density at radius 3 is 2.54 bits per heavy atom. The average molecular weight is 184 g/mol. The van der Waals surface area contributed by atoms with E-state index in [9.17, 15) is 9.90 Å². The summed E-state index contributed by atoms with van der Waals surface area (Å²) in [6, 6.07) is -0.237. The van der Waals surface area contributed by atoms with E-state index in [4.69, 9.17) is 5.73 Å². The maximum absolute atomic E-state index is 10.8. The zero-order valence-corrected chi connectivity index (χ0v) is 7.86. The first-order chi connectivity index (χ1) is 6.03. The number of hydrogen-bond acceptors (Lipinski definition) is 3. The van der Waals surface area contributed by atoms with Crippen molar-refractivity contribution < 1.29 is 9.90 Å². The first-order valence-electron chi connectivity index (χ1n) is 4.79. The molecule has 0 bridgehead atoms. The summed E-state index contributed by atoms with van der Waals surface area (Å²) in [6.45, 7) is 3.01. The second-order valence-electron chi connectivity index (χ2n) is 4.36. The van der Waals surface area contributed by atoms with Gasteiger partial charge in [-0.1, -0.05) is 0 Å². The van der Waals surface area contributed by atoms with Crippen LogP contribution in [-0.4, -0.2) is 40.6 Å². The van der Waals surface area contributed by atoms with Crippen molar-refractivity contribution in [3.63, 3.8) is 0 Å². The number of nitrogens with two attached hydrogens (primary N) is 1. The standard InChI is InChI=1S/C9H16N2O2/c1-6(8(10)12)11-4-9(13,5-11)7-2-3-7/h6-7,13H,2-5H2,1H3,(H2,10,12). The summed E-state index contributed by atoms with van der Waals surface area (Å²) in [5, 5.41) is 9.96. The van der Waals surface area contributed by atoms with Gasteiger partial charge >= 0.3 is 0 Å². The lowest BCUT2D eigenvalue weighted by Gasteiger charge is -2.49. The van der Waals surface area contributed by atoms with Gasteiger partial charge in [0.15, 0.2) is 0 Å². The largest absolute Gasteiger partial charge is 0.387 e. The predicted molar refractivity (Wildman–Crippen MR) is 47.9 cm³/mol. The van der Waals surface area contributed by atoms with Crippen LogP contribution in [0.25, 0.3) is 0 Å². The number of β-amino-alcohol motifs (C(OH)–C–C–N with tert-alkyl or cyclic N) is 1. The lowest BCUT2D eigenvalue weighted by atomic mass is 9.87. The summed E-state index contributed by atoms with van der Waals surface area (Å²) in [5.74, 6) is 0.168. The summed E-state index contributed by atoms with van der Waals surface area (Å²) >= 11 is 0. The molecule has 1 atom stereocenters. The van der Waals surface area contributed by atoms with E-state index in [1.807, 2.05) is 4.90 Å². The fourth-order valence-electron chi connectivity index (χ4n) is 1.99. The van der Waals surface area contributed by atoms with Gasteiger partial charge in [0.25, 0.3) is 0 Å². The van der Waals surface area contributed by atoms with E-state index in [2.05, 4.69) is 0 Å². The van der Waals surface area contributed by atoms with Gasteiger partial charge in [-0.15, -0.1) is 0 Å². The third-order valence-corrected chi connectivity index (χ3v) is 3.25. The van der Waals surface area contributed by atoms with Crippen LogP contribution < -0.4 is 5.73 Å². The van der Waals surface area contributed by atoms with E-state index in [1.165, 1.54) is 0 Å². The van der Waals surface area contributed by atoms with E-state index in [1.54, 1.807) is 6.92 Å². The van der Waals surface area contributed by atoms with Gasteiger partial charge in [-0.25, -0.2) is 0 Å². The molecule has 1 amide bonds. The molecule has 0 spiro atoms. The Morgan fingerprint density at radius 2 is 2.15 bits per heavy atom. The molecule has 13 heavy (non-hydrogen) atoms. The molecule has 0 radical (unpaired) electrons. The second kappa shape index (κ2) is 2.69. The number of primary amides is 1. The van der Waals surface area contributed by atoms with Crippen LogP contribution >= 0.6 is 0 Å². The Bertz CT molecular complexity index is 232. The van der Waals surface area contributed by atoms with Gasteiger partial charge in [0.05, 0.1) is 11.6 Å².